The molecule has 0 bridgehead atoms. The summed E-state index contributed by atoms with van der Waals surface area (Å²) in [7, 11) is 1.73. The maximum atomic E-state index is 11.4. The van der Waals surface area contributed by atoms with E-state index in [0.717, 1.165) is 20.2 Å². The van der Waals surface area contributed by atoms with Crippen molar-refractivity contribution in [2.45, 2.75) is 6.92 Å². The van der Waals surface area contributed by atoms with Crippen LogP contribution in [0.25, 0.3) is 0 Å². The van der Waals surface area contributed by atoms with E-state index in [9.17, 15) is 4.79 Å². The highest BCUT2D eigenvalue weighted by molar-refractivity contribution is 9.11. The summed E-state index contributed by atoms with van der Waals surface area (Å²) in [4.78, 5) is 11.4. The summed E-state index contributed by atoms with van der Waals surface area (Å²) < 4.78 is 1.75. The summed E-state index contributed by atoms with van der Waals surface area (Å²) in [5.41, 5.74) is 1.89. The van der Waals surface area contributed by atoms with E-state index < -0.39 is 0 Å². The Morgan fingerprint density at radius 3 is 2.33 bits per heavy atom. The van der Waals surface area contributed by atoms with Gasteiger partial charge in [-0.3, -0.25) is 4.79 Å². The molecule has 0 saturated heterocycles. The fourth-order valence-electron chi connectivity index (χ4n) is 1.16. The van der Waals surface area contributed by atoms with Gasteiger partial charge in [-0.25, -0.2) is 0 Å². The van der Waals surface area contributed by atoms with Crippen LogP contribution in [-0.4, -0.2) is 19.5 Å². The summed E-state index contributed by atoms with van der Waals surface area (Å²) in [5.74, 6) is -0.0669. The molecule has 1 amide bonds. The van der Waals surface area contributed by atoms with Crippen LogP contribution >= 0.6 is 31.9 Å². The highest BCUT2D eigenvalue weighted by Crippen LogP contribution is 2.32. The van der Waals surface area contributed by atoms with E-state index in [4.69, 9.17) is 0 Å². The van der Waals surface area contributed by atoms with Crippen LogP contribution in [0.15, 0.2) is 21.1 Å². The van der Waals surface area contributed by atoms with E-state index in [1.807, 2.05) is 19.1 Å². The van der Waals surface area contributed by atoms with E-state index in [1.165, 1.54) is 0 Å². The Balaban J connectivity index is 2.90. The maximum Gasteiger partial charge on any atom is 0.238 e. The Hall–Kier alpha value is -0.390. The Kier molecular flexibility index (Phi) is 4.76. The molecule has 0 aliphatic heterocycles. The van der Waals surface area contributed by atoms with E-state index >= 15 is 0 Å². The van der Waals surface area contributed by atoms with Crippen LogP contribution in [0, 0.1) is 6.92 Å². The SMILES string of the molecule is CNCC(=O)Nc1c(Br)cc(C)cc1Br. The molecule has 0 aromatic heterocycles. The Morgan fingerprint density at radius 1 is 1.33 bits per heavy atom. The van der Waals surface area contributed by atoms with E-state index in [1.54, 1.807) is 7.05 Å². The van der Waals surface area contributed by atoms with Crippen molar-refractivity contribution in [2.75, 3.05) is 18.9 Å². The van der Waals surface area contributed by atoms with Gasteiger partial charge in [-0.1, -0.05) is 0 Å². The van der Waals surface area contributed by atoms with Crippen molar-refractivity contribution in [2.24, 2.45) is 0 Å². The molecule has 1 rings (SSSR count). The van der Waals surface area contributed by atoms with Crippen LogP contribution in [0.3, 0.4) is 0 Å². The molecule has 1 aromatic carbocycles. The molecule has 0 heterocycles. The molecule has 15 heavy (non-hydrogen) atoms. The smallest absolute Gasteiger partial charge is 0.238 e. The van der Waals surface area contributed by atoms with Crippen molar-refractivity contribution in [3.05, 3.63) is 26.6 Å². The lowest BCUT2D eigenvalue weighted by molar-refractivity contribution is -0.115. The second-order valence-electron chi connectivity index (χ2n) is 3.18. The quantitative estimate of drug-likeness (QED) is 0.891. The molecule has 0 spiro atoms. The van der Waals surface area contributed by atoms with Crippen LogP contribution in [-0.2, 0) is 4.79 Å². The first kappa shape index (κ1) is 12.7. The minimum absolute atomic E-state index is 0.0669. The van der Waals surface area contributed by atoms with Crippen molar-refractivity contribution in [1.29, 1.82) is 0 Å². The highest BCUT2D eigenvalue weighted by atomic mass is 79.9. The molecule has 0 atom stereocenters. The number of nitrogens with one attached hydrogen (secondary N) is 2. The van der Waals surface area contributed by atoms with Gasteiger partial charge in [0, 0.05) is 8.95 Å². The number of likely N-dealkylation sites (N-methyl/N-ethyl adjacent to an activating group) is 1. The first-order chi connectivity index (χ1) is 7.04. The number of carbonyl (C=O) groups is 1. The first-order valence-corrected chi connectivity index (χ1v) is 6.03. The molecule has 3 nitrogen and oxygen atoms in total. The Morgan fingerprint density at radius 2 is 1.87 bits per heavy atom. The maximum absolute atomic E-state index is 11.4. The number of rotatable bonds is 3. The summed E-state index contributed by atoms with van der Waals surface area (Å²) in [6.07, 6.45) is 0. The number of carbonyl (C=O) groups excluding carboxylic acids is 1. The molecule has 5 heteroatoms. The number of hydrogen-bond donors (Lipinski definition) is 2. The third-order valence-electron chi connectivity index (χ3n) is 1.79. The molecule has 2 N–H and O–H groups in total. The lowest BCUT2D eigenvalue weighted by Gasteiger charge is -2.10. The van der Waals surface area contributed by atoms with Gasteiger partial charge >= 0.3 is 0 Å². The van der Waals surface area contributed by atoms with Gasteiger partial charge in [0.25, 0.3) is 0 Å². The minimum atomic E-state index is -0.0669. The van der Waals surface area contributed by atoms with Crippen molar-refractivity contribution >= 4 is 43.5 Å². The third-order valence-corrected chi connectivity index (χ3v) is 3.04. The fraction of sp³-hybridized carbons (Fsp3) is 0.300. The molecule has 0 fully saturated rings. The number of halogens is 2. The molecule has 0 saturated carbocycles. The van der Waals surface area contributed by atoms with E-state index in [0.29, 0.717) is 6.54 Å². The number of amides is 1. The van der Waals surface area contributed by atoms with Gasteiger partial charge in [0.1, 0.15) is 0 Å². The number of hydrogen-bond acceptors (Lipinski definition) is 2. The van der Waals surface area contributed by atoms with Crippen molar-refractivity contribution in [3.63, 3.8) is 0 Å². The van der Waals surface area contributed by atoms with Gasteiger partial charge in [-0.15, -0.1) is 0 Å². The van der Waals surface area contributed by atoms with Crippen LogP contribution in [0.4, 0.5) is 5.69 Å². The molecule has 82 valence electrons. The van der Waals surface area contributed by atoms with E-state index in [2.05, 4.69) is 42.5 Å². The number of anilines is 1. The standard InChI is InChI=1S/C10H12Br2N2O/c1-6-3-7(11)10(8(12)4-6)14-9(15)5-13-2/h3-4,13H,5H2,1-2H3,(H,14,15). The van der Waals surface area contributed by atoms with Crippen LogP contribution in [0.2, 0.25) is 0 Å². The number of aryl methyl sites for hydroxylation is 1. The van der Waals surface area contributed by atoms with Gasteiger partial charge in [-0.05, 0) is 63.5 Å². The zero-order valence-corrected chi connectivity index (χ0v) is 11.7. The fourth-order valence-corrected chi connectivity index (χ4v) is 2.78. The molecule has 0 radical (unpaired) electrons. The van der Waals surface area contributed by atoms with Gasteiger partial charge in [-0.2, -0.15) is 0 Å². The van der Waals surface area contributed by atoms with Crippen LogP contribution < -0.4 is 10.6 Å². The average molecular weight is 336 g/mol. The highest BCUT2D eigenvalue weighted by Gasteiger charge is 2.09. The molecule has 0 unspecified atom stereocenters. The van der Waals surface area contributed by atoms with Crippen LogP contribution in [0.5, 0.6) is 0 Å². The molecule has 1 aromatic rings. The largest absolute Gasteiger partial charge is 0.323 e. The second kappa shape index (κ2) is 5.63. The predicted octanol–water partition coefficient (Wildman–Crippen LogP) is 2.68. The van der Waals surface area contributed by atoms with Gasteiger partial charge in [0.15, 0.2) is 0 Å². The second-order valence-corrected chi connectivity index (χ2v) is 4.89. The first-order valence-electron chi connectivity index (χ1n) is 4.44. The lowest BCUT2D eigenvalue weighted by atomic mass is 10.2. The summed E-state index contributed by atoms with van der Waals surface area (Å²) in [5, 5.41) is 5.61. The minimum Gasteiger partial charge on any atom is -0.323 e. The number of benzene rings is 1. The zero-order valence-electron chi connectivity index (χ0n) is 8.53. The average Bonchev–Trinajstić information content (AvgIpc) is 2.11. The molecular weight excluding hydrogens is 324 g/mol. The summed E-state index contributed by atoms with van der Waals surface area (Å²) in [6.45, 7) is 2.29. The van der Waals surface area contributed by atoms with Crippen molar-refractivity contribution < 1.29 is 4.79 Å². The molecule has 0 aliphatic carbocycles. The monoisotopic (exact) mass is 334 g/mol. The normalized spacial score (nSPS) is 10.1. The molecule has 0 aliphatic rings. The predicted molar refractivity (Wildman–Crippen MR) is 69.1 cm³/mol. The van der Waals surface area contributed by atoms with Crippen molar-refractivity contribution in [1.82, 2.24) is 5.32 Å². The summed E-state index contributed by atoms with van der Waals surface area (Å²) >= 11 is 6.82. The topological polar surface area (TPSA) is 41.1 Å². The zero-order chi connectivity index (χ0) is 11.4. The molecular formula is C10H12Br2N2O. The Labute approximate surface area is 106 Å². The van der Waals surface area contributed by atoms with Gasteiger partial charge in [0.05, 0.1) is 12.2 Å². The Bertz CT molecular complexity index is 357. The lowest BCUT2D eigenvalue weighted by Crippen LogP contribution is -2.25. The third kappa shape index (κ3) is 3.59. The van der Waals surface area contributed by atoms with Gasteiger partial charge in [0.2, 0.25) is 5.91 Å². The van der Waals surface area contributed by atoms with Crippen molar-refractivity contribution in [3.8, 4) is 0 Å². The summed E-state index contributed by atoms with van der Waals surface area (Å²) in [6, 6.07) is 3.92. The van der Waals surface area contributed by atoms with E-state index in [-0.39, 0.29) is 5.91 Å². The van der Waals surface area contributed by atoms with Gasteiger partial charge < -0.3 is 10.6 Å². The van der Waals surface area contributed by atoms with Crippen LogP contribution in [0.1, 0.15) is 5.56 Å².